The Labute approximate surface area is 194 Å². The van der Waals surface area contributed by atoms with Crippen molar-refractivity contribution in [3.05, 3.63) is 87.0 Å². The lowest BCUT2D eigenvalue weighted by molar-refractivity contribution is 0.102. The smallest absolute Gasteiger partial charge is 0.256 e. The van der Waals surface area contributed by atoms with Crippen molar-refractivity contribution in [1.29, 1.82) is 0 Å². The summed E-state index contributed by atoms with van der Waals surface area (Å²) in [6.45, 7) is 4.16. The summed E-state index contributed by atoms with van der Waals surface area (Å²) in [6, 6.07) is 16.8. The van der Waals surface area contributed by atoms with Crippen molar-refractivity contribution in [2.45, 2.75) is 20.3 Å². The van der Waals surface area contributed by atoms with E-state index in [2.05, 4.69) is 42.3 Å². The van der Waals surface area contributed by atoms with Crippen molar-refractivity contribution >= 4 is 46.3 Å². The summed E-state index contributed by atoms with van der Waals surface area (Å²) in [5.74, 6) is 0.117. The number of hydrogen-bond donors (Lipinski definition) is 1. The Kier molecular flexibility index (Phi) is 6.37. The molecule has 7 heteroatoms. The van der Waals surface area contributed by atoms with Gasteiger partial charge >= 0.3 is 0 Å². The summed E-state index contributed by atoms with van der Waals surface area (Å²) >= 11 is 13.7. The van der Waals surface area contributed by atoms with Crippen LogP contribution in [0.5, 0.6) is 0 Å². The van der Waals surface area contributed by atoms with Crippen molar-refractivity contribution in [1.82, 2.24) is 9.97 Å². The average Bonchev–Trinajstić information content (AvgIpc) is 3.18. The van der Waals surface area contributed by atoms with Crippen molar-refractivity contribution in [2.75, 3.05) is 5.32 Å². The van der Waals surface area contributed by atoms with Crippen LogP contribution >= 0.6 is 34.5 Å². The standard InChI is InChI=1S/C24H19Cl2N3OS/c1-3-21-29-22(15-6-4-5-14(2)9-15)23(31-21)16-7-8-27-20(12-16)28-24(30)17-10-18(25)13-19(26)11-17/h4-13H,3H2,1-2H3,(H,27,28,30). The minimum absolute atomic E-state index is 0.327. The molecule has 0 fully saturated rings. The molecule has 0 saturated heterocycles. The van der Waals surface area contributed by atoms with E-state index < -0.39 is 0 Å². The van der Waals surface area contributed by atoms with Gasteiger partial charge in [0.1, 0.15) is 5.82 Å². The van der Waals surface area contributed by atoms with Gasteiger partial charge in [0.25, 0.3) is 5.91 Å². The van der Waals surface area contributed by atoms with Gasteiger partial charge in [-0.1, -0.05) is 53.9 Å². The highest BCUT2D eigenvalue weighted by atomic mass is 35.5. The first-order valence-corrected chi connectivity index (χ1v) is 11.3. The lowest BCUT2D eigenvalue weighted by atomic mass is 10.1. The molecule has 0 spiro atoms. The van der Waals surface area contributed by atoms with Gasteiger partial charge in [0.05, 0.1) is 15.6 Å². The van der Waals surface area contributed by atoms with Crippen molar-refractivity contribution < 1.29 is 4.79 Å². The molecule has 2 heterocycles. The Morgan fingerprint density at radius 3 is 2.52 bits per heavy atom. The van der Waals surface area contributed by atoms with Crippen LogP contribution < -0.4 is 5.32 Å². The Morgan fingerprint density at radius 2 is 1.81 bits per heavy atom. The van der Waals surface area contributed by atoms with Crippen molar-refractivity contribution in [3.63, 3.8) is 0 Å². The quantitative estimate of drug-likeness (QED) is 0.334. The lowest BCUT2D eigenvalue weighted by Crippen LogP contribution is -2.13. The molecule has 0 unspecified atom stereocenters. The number of benzene rings is 2. The molecule has 4 nitrogen and oxygen atoms in total. The molecule has 1 N–H and O–H groups in total. The Morgan fingerprint density at radius 1 is 1.03 bits per heavy atom. The topological polar surface area (TPSA) is 54.9 Å². The molecule has 0 radical (unpaired) electrons. The number of aryl methyl sites for hydroxylation is 2. The van der Waals surface area contributed by atoms with Gasteiger partial charge in [-0.25, -0.2) is 9.97 Å². The van der Waals surface area contributed by atoms with Crippen LogP contribution in [0.2, 0.25) is 10.0 Å². The number of carbonyl (C=O) groups excluding carboxylic acids is 1. The molecular weight excluding hydrogens is 449 g/mol. The van der Waals surface area contributed by atoms with Crippen molar-refractivity contribution in [2.24, 2.45) is 0 Å². The summed E-state index contributed by atoms with van der Waals surface area (Å²) < 4.78 is 0. The van der Waals surface area contributed by atoms with Crippen molar-refractivity contribution in [3.8, 4) is 21.7 Å². The van der Waals surface area contributed by atoms with E-state index in [-0.39, 0.29) is 5.91 Å². The van der Waals surface area contributed by atoms with Gasteiger partial charge in [-0.15, -0.1) is 11.3 Å². The van der Waals surface area contributed by atoms with E-state index >= 15 is 0 Å². The van der Waals surface area contributed by atoms with Crippen LogP contribution in [0.15, 0.2) is 60.8 Å². The zero-order valence-electron chi connectivity index (χ0n) is 16.9. The highest BCUT2D eigenvalue weighted by Gasteiger charge is 2.16. The Bertz CT molecular complexity index is 1250. The highest BCUT2D eigenvalue weighted by molar-refractivity contribution is 7.15. The highest BCUT2D eigenvalue weighted by Crippen LogP contribution is 2.38. The molecule has 0 bridgehead atoms. The fourth-order valence-corrected chi connectivity index (χ4v) is 4.76. The number of anilines is 1. The number of carbonyl (C=O) groups is 1. The van der Waals surface area contributed by atoms with Gasteiger partial charge in [-0.2, -0.15) is 0 Å². The third kappa shape index (κ3) is 4.96. The van der Waals surface area contributed by atoms with E-state index in [4.69, 9.17) is 28.2 Å². The maximum absolute atomic E-state index is 12.7. The number of thiazole rings is 1. The third-order valence-corrected chi connectivity index (χ3v) is 6.34. The molecule has 31 heavy (non-hydrogen) atoms. The molecule has 0 saturated carbocycles. The lowest BCUT2D eigenvalue weighted by Gasteiger charge is -2.08. The molecule has 156 valence electrons. The molecule has 0 atom stereocenters. The number of hydrogen-bond acceptors (Lipinski definition) is 4. The van der Waals surface area contributed by atoms with Gasteiger partial charge in [0.2, 0.25) is 0 Å². The van der Waals surface area contributed by atoms with Crippen LogP contribution in [0.1, 0.15) is 27.9 Å². The number of amides is 1. The molecule has 0 aliphatic carbocycles. The molecule has 4 aromatic rings. The van der Waals surface area contributed by atoms with E-state index in [9.17, 15) is 4.79 Å². The van der Waals surface area contributed by atoms with E-state index in [0.717, 1.165) is 33.1 Å². The van der Waals surface area contributed by atoms with E-state index in [1.165, 1.54) is 5.56 Å². The predicted octanol–water partition coefficient (Wildman–Crippen LogP) is 7.30. The molecule has 2 aromatic carbocycles. The molecule has 4 rings (SSSR count). The number of halogens is 2. The first-order valence-electron chi connectivity index (χ1n) is 9.73. The van der Waals surface area contributed by atoms with Crippen LogP contribution in [0.25, 0.3) is 21.7 Å². The van der Waals surface area contributed by atoms with Crippen LogP contribution in [-0.2, 0) is 6.42 Å². The number of nitrogens with zero attached hydrogens (tertiary/aromatic N) is 2. The minimum atomic E-state index is -0.327. The number of rotatable bonds is 5. The second kappa shape index (κ2) is 9.18. The zero-order valence-corrected chi connectivity index (χ0v) is 19.3. The molecule has 2 aromatic heterocycles. The van der Waals surface area contributed by atoms with Gasteiger partial charge in [0.15, 0.2) is 0 Å². The van der Waals surface area contributed by atoms with Gasteiger partial charge in [-0.3, -0.25) is 4.79 Å². The summed E-state index contributed by atoms with van der Waals surface area (Å²) in [4.78, 5) is 22.9. The minimum Gasteiger partial charge on any atom is -0.307 e. The summed E-state index contributed by atoms with van der Waals surface area (Å²) in [5, 5.41) is 4.69. The largest absolute Gasteiger partial charge is 0.307 e. The maximum atomic E-state index is 12.7. The summed E-state index contributed by atoms with van der Waals surface area (Å²) in [5.41, 5.74) is 4.51. The Hall–Kier alpha value is -2.73. The maximum Gasteiger partial charge on any atom is 0.256 e. The first-order chi connectivity index (χ1) is 14.9. The summed E-state index contributed by atoms with van der Waals surface area (Å²) in [7, 11) is 0. The second-order valence-corrected chi connectivity index (χ2v) is 9.01. The van der Waals surface area contributed by atoms with E-state index in [0.29, 0.717) is 21.4 Å². The zero-order chi connectivity index (χ0) is 22.0. The number of aromatic nitrogens is 2. The fourth-order valence-electron chi connectivity index (χ4n) is 3.21. The van der Waals surface area contributed by atoms with Crippen LogP contribution in [-0.4, -0.2) is 15.9 Å². The van der Waals surface area contributed by atoms with Crippen LogP contribution in [0, 0.1) is 6.92 Å². The van der Waals surface area contributed by atoms with E-state index in [1.54, 1.807) is 35.7 Å². The molecular formula is C24H19Cl2N3OS. The van der Waals surface area contributed by atoms with Crippen LogP contribution in [0.3, 0.4) is 0 Å². The molecule has 0 aliphatic heterocycles. The van der Waals surface area contributed by atoms with Gasteiger partial charge in [0, 0.05) is 27.4 Å². The normalized spacial score (nSPS) is 10.8. The monoisotopic (exact) mass is 467 g/mol. The third-order valence-electron chi connectivity index (χ3n) is 4.65. The van der Waals surface area contributed by atoms with E-state index in [1.807, 2.05) is 18.2 Å². The average molecular weight is 468 g/mol. The summed E-state index contributed by atoms with van der Waals surface area (Å²) in [6.07, 6.45) is 2.54. The SMILES string of the molecule is CCc1nc(-c2cccc(C)c2)c(-c2ccnc(NC(=O)c3cc(Cl)cc(Cl)c3)c2)s1. The fraction of sp³-hybridized carbons (Fsp3) is 0.125. The van der Waals surface area contributed by atoms with Gasteiger partial charge in [-0.05, 0) is 55.3 Å². The Balaban J connectivity index is 1.69. The molecule has 0 aliphatic rings. The molecule has 1 amide bonds. The number of pyridine rings is 1. The first kappa shape index (κ1) is 21.5. The van der Waals surface area contributed by atoms with Gasteiger partial charge < -0.3 is 5.32 Å². The second-order valence-electron chi connectivity index (χ2n) is 7.05. The predicted molar refractivity (Wildman–Crippen MR) is 129 cm³/mol. The number of nitrogens with one attached hydrogen (secondary N) is 1. The van der Waals surface area contributed by atoms with Crippen LogP contribution in [0.4, 0.5) is 5.82 Å².